The van der Waals surface area contributed by atoms with Crippen LogP contribution < -0.4 is 10.7 Å². The molecule has 0 bridgehead atoms. The Morgan fingerprint density at radius 1 is 1.29 bits per heavy atom. The molecule has 112 valence electrons. The lowest BCUT2D eigenvalue weighted by Crippen LogP contribution is -2.29. The van der Waals surface area contributed by atoms with Crippen LogP contribution in [-0.4, -0.2) is 10.8 Å². The monoisotopic (exact) mass is 301 g/mol. The summed E-state index contributed by atoms with van der Waals surface area (Å²) in [6, 6.07) is 9.87. The zero-order valence-corrected chi connectivity index (χ0v) is 13.7. The molecule has 1 atom stereocenters. The van der Waals surface area contributed by atoms with Crippen LogP contribution in [0.3, 0.4) is 0 Å². The van der Waals surface area contributed by atoms with E-state index in [1.165, 1.54) is 12.0 Å². The quantitative estimate of drug-likeness (QED) is 0.644. The number of thiocarbonyl (C=S) groups is 1. The van der Waals surface area contributed by atoms with Crippen molar-refractivity contribution in [1.82, 2.24) is 5.43 Å². The van der Waals surface area contributed by atoms with Crippen LogP contribution in [0.4, 0.5) is 5.69 Å². The SMILES string of the molecule is CC1=C/C(=N/NC(=S)Nc2ccccc2)C(C(C)C)CC1. The molecule has 1 aliphatic rings. The second-order valence-corrected chi connectivity index (χ2v) is 6.26. The normalized spacial score (nSPS) is 20.3. The maximum atomic E-state index is 5.29. The summed E-state index contributed by atoms with van der Waals surface area (Å²) in [6.07, 6.45) is 4.51. The second-order valence-electron chi connectivity index (χ2n) is 5.85. The minimum absolute atomic E-state index is 0.501. The van der Waals surface area contributed by atoms with Crippen LogP contribution >= 0.6 is 12.2 Å². The number of nitrogens with zero attached hydrogens (tertiary/aromatic N) is 1. The zero-order chi connectivity index (χ0) is 15.2. The van der Waals surface area contributed by atoms with Crippen LogP contribution in [0.25, 0.3) is 0 Å². The Morgan fingerprint density at radius 2 is 2.00 bits per heavy atom. The van der Waals surface area contributed by atoms with E-state index >= 15 is 0 Å². The summed E-state index contributed by atoms with van der Waals surface area (Å²) in [6.45, 7) is 6.65. The number of benzene rings is 1. The fourth-order valence-corrected chi connectivity index (χ4v) is 2.71. The van der Waals surface area contributed by atoms with Crippen LogP contribution in [0.5, 0.6) is 0 Å². The van der Waals surface area contributed by atoms with Crippen molar-refractivity contribution >= 4 is 28.7 Å². The third-order valence-electron chi connectivity index (χ3n) is 3.75. The molecule has 21 heavy (non-hydrogen) atoms. The Labute approximate surface area is 132 Å². The summed E-state index contributed by atoms with van der Waals surface area (Å²) in [5, 5.41) is 8.17. The molecule has 1 unspecified atom stereocenters. The van der Waals surface area contributed by atoms with Crippen molar-refractivity contribution in [3.63, 3.8) is 0 Å². The average molecular weight is 301 g/mol. The molecule has 0 spiro atoms. The lowest BCUT2D eigenvalue weighted by Gasteiger charge is -2.25. The highest BCUT2D eigenvalue weighted by atomic mass is 32.1. The van der Waals surface area contributed by atoms with Gasteiger partial charge in [-0.05, 0) is 56.1 Å². The van der Waals surface area contributed by atoms with Crippen molar-refractivity contribution in [1.29, 1.82) is 0 Å². The molecule has 2 N–H and O–H groups in total. The number of hydrogen-bond acceptors (Lipinski definition) is 2. The third-order valence-corrected chi connectivity index (χ3v) is 3.94. The van der Waals surface area contributed by atoms with Gasteiger partial charge in [0.15, 0.2) is 5.11 Å². The molecule has 0 saturated heterocycles. The maximum Gasteiger partial charge on any atom is 0.191 e. The van der Waals surface area contributed by atoms with Crippen molar-refractivity contribution in [3.8, 4) is 0 Å². The van der Waals surface area contributed by atoms with Gasteiger partial charge in [-0.3, -0.25) is 5.43 Å². The molecule has 0 aliphatic heterocycles. The Morgan fingerprint density at radius 3 is 2.67 bits per heavy atom. The maximum absolute atomic E-state index is 5.29. The molecule has 3 nitrogen and oxygen atoms in total. The first kappa shape index (κ1) is 15.7. The Bertz CT molecular complexity index is 546. The molecule has 2 rings (SSSR count). The van der Waals surface area contributed by atoms with E-state index < -0.39 is 0 Å². The minimum Gasteiger partial charge on any atom is -0.331 e. The molecule has 0 amide bonds. The van der Waals surface area contributed by atoms with Gasteiger partial charge in [0.1, 0.15) is 0 Å². The van der Waals surface area contributed by atoms with Crippen molar-refractivity contribution < 1.29 is 0 Å². The van der Waals surface area contributed by atoms with E-state index in [2.05, 4.69) is 42.7 Å². The summed E-state index contributed by atoms with van der Waals surface area (Å²) < 4.78 is 0. The van der Waals surface area contributed by atoms with Crippen LogP contribution in [-0.2, 0) is 0 Å². The molecule has 4 heteroatoms. The number of anilines is 1. The minimum atomic E-state index is 0.501. The smallest absolute Gasteiger partial charge is 0.191 e. The van der Waals surface area contributed by atoms with Gasteiger partial charge in [-0.15, -0.1) is 0 Å². The van der Waals surface area contributed by atoms with Crippen LogP contribution in [0.1, 0.15) is 33.6 Å². The van der Waals surface area contributed by atoms with Gasteiger partial charge in [-0.1, -0.05) is 37.6 Å². The number of para-hydroxylation sites is 1. The lowest BCUT2D eigenvalue weighted by atomic mass is 9.81. The van der Waals surface area contributed by atoms with Gasteiger partial charge < -0.3 is 5.32 Å². The Balaban J connectivity index is 2.01. The van der Waals surface area contributed by atoms with Crippen LogP contribution in [0.15, 0.2) is 47.1 Å². The van der Waals surface area contributed by atoms with E-state index in [9.17, 15) is 0 Å². The van der Waals surface area contributed by atoms with Gasteiger partial charge in [-0.2, -0.15) is 5.10 Å². The first-order valence-corrected chi connectivity index (χ1v) is 7.84. The van der Waals surface area contributed by atoms with Crippen LogP contribution in [0, 0.1) is 11.8 Å². The van der Waals surface area contributed by atoms with Gasteiger partial charge in [0.2, 0.25) is 0 Å². The number of rotatable bonds is 3. The number of allylic oxidation sites excluding steroid dienone is 2. The average Bonchev–Trinajstić information content (AvgIpc) is 2.46. The predicted molar refractivity (Wildman–Crippen MR) is 94.6 cm³/mol. The first-order chi connectivity index (χ1) is 10.1. The topological polar surface area (TPSA) is 36.4 Å². The molecular weight excluding hydrogens is 278 g/mol. The van der Waals surface area contributed by atoms with Gasteiger partial charge >= 0.3 is 0 Å². The molecule has 1 aromatic rings. The highest BCUT2D eigenvalue weighted by Gasteiger charge is 2.22. The lowest BCUT2D eigenvalue weighted by molar-refractivity contribution is 0.456. The van der Waals surface area contributed by atoms with Gasteiger partial charge in [0.25, 0.3) is 0 Å². The molecule has 1 aromatic carbocycles. The van der Waals surface area contributed by atoms with Gasteiger partial charge in [-0.25, -0.2) is 0 Å². The predicted octanol–water partition coefficient (Wildman–Crippen LogP) is 4.34. The fraction of sp³-hybridized carbons (Fsp3) is 0.412. The summed E-state index contributed by atoms with van der Waals surface area (Å²) in [5.41, 5.74) is 6.42. The Kier molecular flexibility index (Phi) is 5.51. The van der Waals surface area contributed by atoms with E-state index in [1.807, 2.05) is 30.3 Å². The van der Waals surface area contributed by atoms with Crippen molar-refractivity contribution in [2.45, 2.75) is 33.6 Å². The molecule has 0 aromatic heterocycles. The first-order valence-electron chi connectivity index (χ1n) is 7.43. The molecule has 1 aliphatic carbocycles. The highest BCUT2D eigenvalue weighted by Crippen LogP contribution is 2.27. The number of hydrazone groups is 1. The van der Waals surface area contributed by atoms with Crippen molar-refractivity contribution in [2.75, 3.05) is 5.32 Å². The summed E-state index contributed by atoms with van der Waals surface area (Å²) >= 11 is 5.29. The summed E-state index contributed by atoms with van der Waals surface area (Å²) in [5.74, 6) is 1.09. The van der Waals surface area contributed by atoms with Crippen molar-refractivity contribution in [3.05, 3.63) is 42.0 Å². The molecule has 0 heterocycles. The molecule has 0 fully saturated rings. The van der Waals surface area contributed by atoms with Gasteiger partial charge in [0, 0.05) is 11.6 Å². The number of nitrogens with one attached hydrogen (secondary N) is 2. The second kappa shape index (κ2) is 7.36. The Hall–Kier alpha value is -1.68. The van der Waals surface area contributed by atoms with Crippen molar-refractivity contribution in [2.24, 2.45) is 16.9 Å². The fourth-order valence-electron chi connectivity index (χ4n) is 2.55. The molecule has 0 radical (unpaired) electrons. The largest absolute Gasteiger partial charge is 0.331 e. The van der Waals surface area contributed by atoms with E-state index in [0.717, 1.165) is 17.8 Å². The number of hydrogen-bond donors (Lipinski definition) is 2. The van der Waals surface area contributed by atoms with E-state index in [0.29, 0.717) is 16.9 Å². The third kappa shape index (κ3) is 4.67. The zero-order valence-electron chi connectivity index (χ0n) is 12.9. The molecule has 0 saturated carbocycles. The standard InChI is InChI=1S/C17H23N3S/c1-12(2)15-10-9-13(3)11-16(15)19-20-17(21)18-14-7-5-4-6-8-14/h4-8,11-12,15H,9-10H2,1-3H3,(H2,18,20,21)/b19-16-. The van der Waals surface area contributed by atoms with E-state index in [-0.39, 0.29) is 0 Å². The summed E-state index contributed by atoms with van der Waals surface area (Å²) in [7, 11) is 0. The highest BCUT2D eigenvalue weighted by molar-refractivity contribution is 7.80. The molecular formula is C17H23N3S. The summed E-state index contributed by atoms with van der Waals surface area (Å²) in [4.78, 5) is 0. The van der Waals surface area contributed by atoms with E-state index in [1.54, 1.807) is 0 Å². The van der Waals surface area contributed by atoms with Gasteiger partial charge in [0.05, 0.1) is 5.71 Å². The van der Waals surface area contributed by atoms with Crippen LogP contribution in [0.2, 0.25) is 0 Å². The van der Waals surface area contributed by atoms with E-state index in [4.69, 9.17) is 12.2 Å².